The summed E-state index contributed by atoms with van der Waals surface area (Å²) in [6, 6.07) is 5.37. The number of amides is 1. The van der Waals surface area contributed by atoms with Gasteiger partial charge in [0, 0.05) is 18.4 Å². The van der Waals surface area contributed by atoms with Crippen LogP contribution >= 0.6 is 0 Å². The molecule has 0 aromatic carbocycles. The van der Waals surface area contributed by atoms with Gasteiger partial charge >= 0.3 is 5.69 Å². The van der Waals surface area contributed by atoms with Gasteiger partial charge in [-0.3, -0.25) is 19.1 Å². The second-order valence-corrected chi connectivity index (χ2v) is 4.97. The van der Waals surface area contributed by atoms with Crippen molar-refractivity contribution >= 4 is 5.91 Å². The highest BCUT2D eigenvalue weighted by atomic mass is 16.2. The molecule has 0 radical (unpaired) electrons. The van der Waals surface area contributed by atoms with Crippen molar-refractivity contribution < 1.29 is 4.79 Å². The van der Waals surface area contributed by atoms with Gasteiger partial charge in [-0.25, -0.2) is 4.79 Å². The highest BCUT2D eigenvalue weighted by Gasteiger charge is 2.25. The molecule has 0 aliphatic heterocycles. The number of hydrogen-bond acceptors (Lipinski definition) is 4. The van der Waals surface area contributed by atoms with Gasteiger partial charge in [0.2, 0.25) is 0 Å². The lowest BCUT2D eigenvalue weighted by Crippen LogP contribution is -2.41. The Morgan fingerprint density at radius 1 is 1.38 bits per heavy atom. The van der Waals surface area contributed by atoms with E-state index in [2.05, 4.69) is 15.3 Å². The van der Waals surface area contributed by atoms with E-state index in [0.717, 1.165) is 23.6 Å². The van der Waals surface area contributed by atoms with Crippen molar-refractivity contribution in [3.8, 4) is 0 Å². The van der Waals surface area contributed by atoms with Crippen molar-refractivity contribution in [1.29, 1.82) is 0 Å². The summed E-state index contributed by atoms with van der Waals surface area (Å²) >= 11 is 0. The number of hydrogen-bond donors (Lipinski definition) is 2. The molecule has 1 aliphatic carbocycles. The van der Waals surface area contributed by atoms with Crippen LogP contribution < -0.4 is 16.6 Å². The Hall–Kier alpha value is -2.70. The summed E-state index contributed by atoms with van der Waals surface area (Å²) in [4.78, 5) is 42.6. The second-order valence-electron chi connectivity index (χ2n) is 4.97. The van der Waals surface area contributed by atoms with E-state index in [4.69, 9.17) is 0 Å². The summed E-state index contributed by atoms with van der Waals surface area (Å²) in [6.45, 7) is 0.0273. The first kappa shape index (κ1) is 13.3. The second kappa shape index (κ2) is 5.35. The monoisotopic (exact) mass is 286 g/mol. The number of pyridine rings is 1. The highest BCUT2D eigenvalue weighted by molar-refractivity contribution is 5.93. The molecular weight excluding hydrogens is 272 g/mol. The largest absolute Gasteiger partial charge is 0.349 e. The number of rotatable bonds is 4. The van der Waals surface area contributed by atoms with Gasteiger partial charge in [0.05, 0.1) is 12.2 Å². The Balaban J connectivity index is 1.94. The van der Waals surface area contributed by atoms with Crippen LogP contribution in [0.4, 0.5) is 0 Å². The maximum absolute atomic E-state index is 12.3. The van der Waals surface area contributed by atoms with E-state index < -0.39 is 17.2 Å². The zero-order chi connectivity index (χ0) is 14.8. The molecule has 3 rings (SSSR count). The molecule has 0 unspecified atom stereocenters. The first-order valence-electron chi connectivity index (χ1n) is 6.68. The van der Waals surface area contributed by atoms with E-state index in [1.54, 1.807) is 24.4 Å². The molecule has 0 bridgehead atoms. The molecule has 1 aliphatic rings. The normalized spacial score (nSPS) is 13.9. The minimum absolute atomic E-state index is 0.0273. The number of carbonyl (C=O) groups excluding carboxylic acids is 1. The van der Waals surface area contributed by atoms with E-state index in [9.17, 15) is 14.4 Å². The van der Waals surface area contributed by atoms with Crippen LogP contribution in [0, 0.1) is 0 Å². The van der Waals surface area contributed by atoms with Crippen LogP contribution in [0.3, 0.4) is 0 Å². The van der Waals surface area contributed by atoms with Crippen LogP contribution in [0.15, 0.2) is 40.2 Å². The fraction of sp³-hybridized carbons (Fsp3) is 0.286. The number of H-pyrrole nitrogens is 1. The summed E-state index contributed by atoms with van der Waals surface area (Å²) < 4.78 is 0.976. The molecule has 108 valence electrons. The van der Waals surface area contributed by atoms with E-state index in [1.807, 2.05) is 0 Å². The molecular formula is C14H14N4O3. The van der Waals surface area contributed by atoms with E-state index in [0.29, 0.717) is 5.69 Å². The van der Waals surface area contributed by atoms with Gasteiger partial charge in [0.25, 0.3) is 11.5 Å². The van der Waals surface area contributed by atoms with Gasteiger partial charge < -0.3 is 10.3 Å². The zero-order valence-corrected chi connectivity index (χ0v) is 11.2. The third-order valence-corrected chi connectivity index (χ3v) is 3.26. The lowest BCUT2D eigenvalue weighted by atomic mass is 10.3. The predicted molar refractivity (Wildman–Crippen MR) is 75.1 cm³/mol. The van der Waals surface area contributed by atoms with Gasteiger partial charge in [-0.05, 0) is 25.0 Å². The molecule has 0 spiro atoms. The van der Waals surface area contributed by atoms with Crippen LogP contribution in [0.2, 0.25) is 0 Å². The van der Waals surface area contributed by atoms with E-state index >= 15 is 0 Å². The smallest absolute Gasteiger partial charge is 0.328 e. The Bertz CT molecular complexity index is 775. The van der Waals surface area contributed by atoms with E-state index in [1.165, 1.54) is 0 Å². The number of nitrogens with one attached hydrogen (secondary N) is 2. The maximum atomic E-state index is 12.3. The van der Waals surface area contributed by atoms with Crippen molar-refractivity contribution in [1.82, 2.24) is 19.9 Å². The Morgan fingerprint density at radius 3 is 2.86 bits per heavy atom. The average molecular weight is 286 g/mol. The number of aromatic nitrogens is 3. The molecule has 1 saturated carbocycles. The molecule has 21 heavy (non-hydrogen) atoms. The van der Waals surface area contributed by atoms with Crippen LogP contribution in [-0.4, -0.2) is 26.5 Å². The first-order chi connectivity index (χ1) is 10.1. The Kier molecular flexibility index (Phi) is 3.39. The van der Waals surface area contributed by atoms with Crippen molar-refractivity contribution in [3.05, 3.63) is 62.7 Å². The molecule has 2 aromatic rings. The van der Waals surface area contributed by atoms with Crippen molar-refractivity contribution in [2.75, 3.05) is 0 Å². The molecule has 0 atom stereocenters. The van der Waals surface area contributed by atoms with Crippen molar-refractivity contribution in [3.63, 3.8) is 0 Å². The van der Waals surface area contributed by atoms with Gasteiger partial charge in [0.15, 0.2) is 0 Å². The van der Waals surface area contributed by atoms with Crippen LogP contribution in [0.1, 0.15) is 28.9 Å². The molecule has 1 amide bonds. The maximum Gasteiger partial charge on any atom is 0.328 e. The third kappa shape index (κ3) is 2.91. The van der Waals surface area contributed by atoms with Gasteiger partial charge in [0.1, 0.15) is 5.56 Å². The minimum Gasteiger partial charge on any atom is -0.349 e. The number of nitrogens with zero attached hydrogens (tertiary/aromatic N) is 2. The fourth-order valence-corrected chi connectivity index (χ4v) is 1.96. The molecule has 0 saturated heterocycles. The summed E-state index contributed by atoms with van der Waals surface area (Å²) in [5.74, 6) is -0.450. The fourth-order valence-electron chi connectivity index (χ4n) is 1.96. The average Bonchev–Trinajstić information content (AvgIpc) is 3.28. The van der Waals surface area contributed by atoms with Crippen molar-refractivity contribution in [2.24, 2.45) is 0 Å². The van der Waals surface area contributed by atoms with Gasteiger partial charge in [-0.1, -0.05) is 6.07 Å². The summed E-state index contributed by atoms with van der Waals surface area (Å²) in [5, 5.41) is 2.73. The molecule has 1 fully saturated rings. The predicted octanol–water partition coefficient (Wildman–Crippen LogP) is -0.128. The van der Waals surface area contributed by atoms with Gasteiger partial charge in [-0.15, -0.1) is 0 Å². The number of aromatic amines is 1. The summed E-state index contributed by atoms with van der Waals surface area (Å²) in [7, 11) is 0. The Morgan fingerprint density at radius 2 is 2.19 bits per heavy atom. The van der Waals surface area contributed by atoms with Gasteiger partial charge in [-0.2, -0.15) is 0 Å². The first-order valence-corrected chi connectivity index (χ1v) is 6.68. The lowest BCUT2D eigenvalue weighted by Gasteiger charge is -2.07. The standard InChI is InChI=1S/C14H14N4O3/c19-12(17-9-4-5-9)11-7-16-14(21)18(13(11)20)8-10-3-1-2-6-15-10/h1-3,6-7,9H,4-5,8H2,(H,16,21)(H,17,19). The summed E-state index contributed by atoms with van der Waals surface area (Å²) in [6.07, 6.45) is 4.60. The minimum atomic E-state index is -0.609. The lowest BCUT2D eigenvalue weighted by molar-refractivity contribution is 0.0948. The topological polar surface area (TPSA) is 96.8 Å². The van der Waals surface area contributed by atoms with Crippen LogP contribution in [-0.2, 0) is 6.54 Å². The molecule has 2 N–H and O–H groups in total. The SMILES string of the molecule is O=C(NC1CC1)c1c[nH]c(=O)n(Cc2ccccn2)c1=O. The highest BCUT2D eigenvalue weighted by Crippen LogP contribution is 2.18. The zero-order valence-electron chi connectivity index (χ0n) is 11.2. The third-order valence-electron chi connectivity index (χ3n) is 3.26. The van der Waals surface area contributed by atoms with Crippen LogP contribution in [0.25, 0.3) is 0 Å². The summed E-state index contributed by atoms with van der Waals surface area (Å²) in [5.41, 5.74) is -0.654. The quantitative estimate of drug-likeness (QED) is 0.818. The van der Waals surface area contributed by atoms with Crippen molar-refractivity contribution in [2.45, 2.75) is 25.4 Å². The molecule has 7 heteroatoms. The molecule has 2 heterocycles. The Labute approximate surface area is 119 Å². The molecule has 2 aromatic heterocycles. The number of carbonyl (C=O) groups is 1. The van der Waals surface area contributed by atoms with Crippen LogP contribution in [0.5, 0.6) is 0 Å². The molecule has 7 nitrogen and oxygen atoms in total. The van der Waals surface area contributed by atoms with E-state index in [-0.39, 0.29) is 18.2 Å².